The topological polar surface area (TPSA) is 49.4 Å². The van der Waals surface area contributed by atoms with Gasteiger partial charge < -0.3 is 5.32 Å². The van der Waals surface area contributed by atoms with Crippen LogP contribution >= 0.6 is 0 Å². The highest BCUT2D eigenvalue weighted by atomic mass is 32.2. The zero-order chi connectivity index (χ0) is 20.9. The van der Waals surface area contributed by atoms with E-state index in [-0.39, 0.29) is 12.1 Å². The fourth-order valence-corrected chi connectivity index (χ4v) is 6.45. The summed E-state index contributed by atoms with van der Waals surface area (Å²) in [6.45, 7) is 5.07. The maximum atomic E-state index is 13.1. The molecule has 3 heterocycles. The van der Waals surface area contributed by atoms with Crippen LogP contribution in [0.1, 0.15) is 22.6 Å². The third-order valence-electron chi connectivity index (χ3n) is 6.47. The molecule has 0 radical (unpaired) electrons. The average molecular weight is 419 g/mol. The van der Waals surface area contributed by atoms with Crippen molar-refractivity contribution < 1.29 is 8.42 Å². The summed E-state index contributed by atoms with van der Waals surface area (Å²) in [7, 11) is -3.45. The van der Waals surface area contributed by atoms with Crippen molar-refractivity contribution in [1.82, 2.24) is 9.62 Å². The first kappa shape index (κ1) is 19.5. The molecule has 30 heavy (non-hydrogen) atoms. The van der Waals surface area contributed by atoms with Gasteiger partial charge in [0.25, 0.3) is 0 Å². The van der Waals surface area contributed by atoms with E-state index in [4.69, 9.17) is 0 Å². The van der Waals surface area contributed by atoms with Crippen LogP contribution in [0.4, 0.5) is 0 Å². The van der Waals surface area contributed by atoms with Gasteiger partial charge in [-0.1, -0.05) is 60.7 Å². The van der Waals surface area contributed by atoms with E-state index in [1.54, 1.807) is 16.4 Å². The Kier molecular flexibility index (Phi) is 4.77. The van der Waals surface area contributed by atoms with Gasteiger partial charge in [0.1, 0.15) is 0 Å². The minimum absolute atomic E-state index is 0.160. The standard InChI is InChI=1S/C25H26N2O2S/c1-17-6-5-8-21(14-17)30(28,29)27-15-23-25(24(16-27)26-23)20-12-10-19(11-13-20)22-9-4-3-7-18(22)2/h3-14,23-26H,15-16H2,1-2H3/t23-,24+,25?. The maximum Gasteiger partial charge on any atom is 0.243 e. The van der Waals surface area contributed by atoms with Gasteiger partial charge in [0, 0.05) is 31.1 Å². The third-order valence-corrected chi connectivity index (χ3v) is 8.30. The van der Waals surface area contributed by atoms with Crippen LogP contribution in [0.2, 0.25) is 0 Å². The zero-order valence-corrected chi connectivity index (χ0v) is 18.1. The Morgan fingerprint density at radius 3 is 2.23 bits per heavy atom. The summed E-state index contributed by atoms with van der Waals surface area (Å²) in [4.78, 5) is 0.392. The highest BCUT2D eigenvalue weighted by molar-refractivity contribution is 7.89. The van der Waals surface area contributed by atoms with Gasteiger partial charge >= 0.3 is 0 Å². The number of aryl methyl sites for hydroxylation is 2. The van der Waals surface area contributed by atoms with E-state index in [1.165, 1.54) is 22.3 Å². The molecule has 0 aromatic heterocycles. The first-order chi connectivity index (χ1) is 14.4. The van der Waals surface area contributed by atoms with Crippen LogP contribution in [0.25, 0.3) is 11.1 Å². The number of hydrogen-bond donors (Lipinski definition) is 1. The Morgan fingerprint density at radius 1 is 0.867 bits per heavy atom. The number of rotatable bonds is 4. The molecule has 5 heteroatoms. The van der Waals surface area contributed by atoms with Gasteiger partial charge in [0.05, 0.1) is 4.90 Å². The third kappa shape index (κ3) is 3.27. The minimum Gasteiger partial charge on any atom is -0.307 e. The second-order valence-corrected chi connectivity index (χ2v) is 10.4. The van der Waals surface area contributed by atoms with Gasteiger partial charge in [-0.3, -0.25) is 0 Å². The molecule has 2 bridgehead atoms. The van der Waals surface area contributed by atoms with Crippen molar-refractivity contribution in [2.24, 2.45) is 0 Å². The second kappa shape index (κ2) is 7.34. The Bertz CT molecular complexity index is 1180. The van der Waals surface area contributed by atoms with Gasteiger partial charge in [-0.25, -0.2) is 8.42 Å². The Labute approximate surface area is 178 Å². The molecule has 3 aromatic rings. The Morgan fingerprint density at radius 2 is 1.57 bits per heavy atom. The van der Waals surface area contributed by atoms with E-state index in [0.717, 1.165) is 5.56 Å². The van der Waals surface area contributed by atoms with E-state index in [0.29, 0.717) is 23.9 Å². The molecule has 3 atom stereocenters. The molecule has 154 valence electrons. The molecule has 3 fully saturated rings. The summed E-state index contributed by atoms with van der Waals surface area (Å²) in [5, 5.41) is 3.54. The van der Waals surface area contributed by atoms with Gasteiger partial charge in [-0.2, -0.15) is 4.31 Å². The summed E-state index contributed by atoms with van der Waals surface area (Å²) < 4.78 is 27.8. The number of piperidine rings is 1. The van der Waals surface area contributed by atoms with Crippen molar-refractivity contribution in [3.63, 3.8) is 0 Å². The molecule has 3 saturated heterocycles. The van der Waals surface area contributed by atoms with Crippen LogP contribution in [-0.4, -0.2) is 37.9 Å². The predicted molar refractivity (Wildman–Crippen MR) is 120 cm³/mol. The minimum atomic E-state index is -3.45. The molecule has 0 aliphatic carbocycles. The van der Waals surface area contributed by atoms with Crippen molar-refractivity contribution in [2.75, 3.05) is 13.1 Å². The van der Waals surface area contributed by atoms with E-state index in [1.807, 2.05) is 19.1 Å². The first-order valence-electron chi connectivity index (χ1n) is 10.4. The zero-order valence-electron chi connectivity index (χ0n) is 17.2. The average Bonchev–Trinajstić information content (AvgIpc) is 2.75. The van der Waals surface area contributed by atoms with Crippen molar-refractivity contribution in [2.45, 2.75) is 36.7 Å². The molecular formula is C25H26N2O2S. The molecule has 6 rings (SSSR count). The Hall–Kier alpha value is -2.47. The fraction of sp³-hybridized carbons (Fsp3) is 0.280. The summed E-state index contributed by atoms with van der Waals surface area (Å²) in [5.41, 5.74) is 5.99. The molecule has 0 saturated carbocycles. The molecule has 0 spiro atoms. The van der Waals surface area contributed by atoms with Gasteiger partial charge in [0.2, 0.25) is 10.0 Å². The summed E-state index contributed by atoms with van der Waals surface area (Å²) in [6, 6.07) is 24.7. The van der Waals surface area contributed by atoms with Crippen molar-refractivity contribution in [1.29, 1.82) is 0 Å². The number of piperazine rings is 1. The van der Waals surface area contributed by atoms with Crippen molar-refractivity contribution in [3.05, 3.63) is 89.5 Å². The normalized spacial score (nSPS) is 23.7. The molecular weight excluding hydrogens is 392 g/mol. The van der Waals surface area contributed by atoms with Gasteiger partial charge in [0.15, 0.2) is 0 Å². The van der Waals surface area contributed by atoms with Crippen molar-refractivity contribution >= 4 is 10.0 Å². The van der Waals surface area contributed by atoms with E-state index in [2.05, 4.69) is 60.8 Å². The van der Waals surface area contributed by atoms with Crippen LogP contribution in [0.5, 0.6) is 0 Å². The van der Waals surface area contributed by atoms with Crippen LogP contribution < -0.4 is 5.32 Å². The second-order valence-electron chi connectivity index (χ2n) is 8.48. The van der Waals surface area contributed by atoms with Crippen LogP contribution in [0.3, 0.4) is 0 Å². The number of hydrogen-bond acceptors (Lipinski definition) is 3. The lowest BCUT2D eigenvalue weighted by molar-refractivity contribution is 0.102. The lowest BCUT2D eigenvalue weighted by atomic mass is 9.75. The quantitative estimate of drug-likeness (QED) is 0.694. The molecule has 3 aromatic carbocycles. The number of fused-ring (bicyclic) bond motifs is 2. The highest BCUT2D eigenvalue weighted by Crippen LogP contribution is 2.39. The van der Waals surface area contributed by atoms with Crippen molar-refractivity contribution in [3.8, 4) is 11.1 Å². The molecule has 1 unspecified atom stereocenters. The summed E-state index contributed by atoms with van der Waals surface area (Å²) >= 11 is 0. The smallest absolute Gasteiger partial charge is 0.243 e. The number of nitrogens with zero attached hydrogens (tertiary/aromatic N) is 1. The van der Waals surface area contributed by atoms with Crippen LogP contribution in [0, 0.1) is 13.8 Å². The number of sulfonamides is 1. The van der Waals surface area contributed by atoms with Crippen LogP contribution in [-0.2, 0) is 10.0 Å². The lowest BCUT2D eigenvalue weighted by Gasteiger charge is -2.54. The lowest BCUT2D eigenvalue weighted by Crippen LogP contribution is -2.72. The molecule has 4 nitrogen and oxygen atoms in total. The first-order valence-corrected chi connectivity index (χ1v) is 11.9. The predicted octanol–water partition coefficient (Wildman–Crippen LogP) is 4.10. The van der Waals surface area contributed by atoms with E-state index >= 15 is 0 Å². The highest BCUT2D eigenvalue weighted by Gasteiger charge is 2.49. The molecule has 1 N–H and O–H groups in total. The fourth-order valence-electron chi connectivity index (χ4n) is 4.86. The SMILES string of the molecule is Cc1cccc(S(=O)(=O)N2C[C@@H]3N[C@H](C2)C3c2ccc(-c3ccccc3C)cc2)c1. The van der Waals surface area contributed by atoms with E-state index < -0.39 is 10.0 Å². The number of benzene rings is 3. The van der Waals surface area contributed by atoms with Gasteiger partial charge in [-0.15, -0.1) is 0 Å². The molecule has 3 aliphatic heterocycles. The molecule has 0 amide bonds. The van der Waals surface area contributed by atoms with E-state index in [9.17, 15) is 8.42 Å². The van der Waals surface area contributed by atoms with Crippen LogP contribution in [0.15, 0.2) is 77.7 Å². The Balaban J connectivity index is 1.34. The summed E-state index contributed by atoms with van der Waals surface area (Å²) in [6.07, 6.45) is 0. The summed E-state index contributed by atoms with van der Waals surface area (Å²) in [5.74, 6) is 0.361. The largest absolute Gasteiger partial charge is 0.307 e. The maximum absolute atomic E-state index is 13.1. The monoisotopic (exact) mass is 418 g/mol. The molecule has 3 aliphatic rings. The van der Waals surface area contributed by atoms with Gasteiger partial charge in [-0.05, 0) is 53.8 Å². The number of nitrogens with one attached hydrogen (secondary N) is 1.